The van der Waals surface area contributed by atoms with E-state index in [0.717, 1.165) is 57.7 Å². The SMILES string of the molecule is CC(C)CCOc1ccc2c(c1)CCOC21CCN(C(=O)CN(C)C)CC1. The van der Waals surface area contributed by atoms with Gasteiger partial charge in [-0.1, -0.05) is 19.9 Å². The normalized spacial score (nSPS) is 18.8. The van der Waals surface area contributed by atoms with Crippen molar-refractivity contribution in [3.63, 3.8) is 0 Å². The van der Waals surface area contributed by atoms with Crippen molar-refractivity contribution in [3.05, 3.63) is 29.3 Å². The van der Waals surface area contributed by atoms with Crippen LogP contribution in [0.5, 0.6) is 5.75 Å². The molecule has 1 fully saturated rings. The molecule has 1 spiro atoms. The average molecular weight is 375 g/mol. The van der Waals surface area contributed by atoms with Crippen LogP contribution < -0.4 is 4.74 Å². The average Bonchev–Trinajstić information content (AvgIpc) is 2.61. The standard InChI is InChI=1S/C22H34N2O3/c1-17(2)7-13-26-19-5-6-20-18(15-19)8-14-27-22(20)9-11-24(12-10-22)21(25)16-23(3)4/h5-6,15,17H,7-14,16H2,1-4H3. The number of piperidine rings is 1. The summed E-state index contributed by atoms with van der Waals surface area (Å²) in [5.41, 5.74) is 2.40. The molecule has 1 aromatic carbocycles. The molecule has 2 heterocycles. The lowest BCUT2D eigenvalue weighted by molar-refractivity contribution is -0.141. The molecule has 5 nitrogen and oxygen atoms in total. The maximum Gasteiger partial charge on any atom is 0.236 e. The second-order valence-electron chi connectivity index (χ2n) is 8.56. The van der Waals surface area contributed by atoms with E-state index < -0.39 is 0 Å². The molecule has 0 aromatic heterocycles. The second-order valence-corrected chi connectivity index (χ2v) is 8.56. The molecule has 0 bridgehead atoms. The number of fused-ring (bicyclic) bond motifs is 2. The Morgan fingerprint density at radius 3 is 2.70 bits per heavy atom. The summed E-state index contributed by atoms with van der Waals surface area (Å²) >= 11 is 0. The van der Waals surface area contributed by atoms with Crippen LogP contribution in [0.2, 0.25) is 0 Å². The molecule has 0 atom stereocenters. The van der Waals surface area contributed by atoms with Gasteiger partial charge in [0.15, 0.2) is 0 Å². The molecule has 0 radical (unpaired) electrons. The zero-order valence-electron chi connectivity index (χ0n) is 17.3. The van der Waals surface area contributed by atoms with Gasteiger partial charge in [-0.25, -0.2) is 0 Å². The van der Waals surface area contributed by atoms with Crippen molar-refractivity contribution in [1.29, 1.82) is 0 Å². The Kier molecular flexibility index (Phi) is 6.43. The van der Waals surface area contributed by atoms with E-state index in [4.69, 9.17) is 9.47 Å². The highest BCUT2D eigenvalue weighted by atomic mass is 16.5. The van der Waals surface area contributed by atoms with E-state index in [2.05, 4.69) is 32.0 Å². The highest BCUT2D eigenvalue weighted by Gasteiger charge is 2.41. The van der Waals surface area contributed by atoms with Gasteiger partial charge in [0.2, 0.25) is 5.91 Å². The van der Waals surface area contributed by atoms with Crippen LogP contribution in [0.4, 0.5) is 0 Å². The molecule has 0 N–H and O–H groups in total. The number of hydrogen-bond donors (Lipinski definition) is 0. The van der Waals surface area contributed by atoms with Gasteiger partial charge in [-0.05, 0) is 69.0 Å². The zero-order valence-corrected chi connectivity index (χ0v) is 17.3. The van der Waals surface area contributed by atoms with Crippen LogP contribution >= 0.6 is 0 Å². The van der Waals surface area contributed by atoms with E-state index in [0.29, 0.717) is 12.5 Å². The molecular weight excluding hydrogens is 340 g/mol. The number of carbonyl (C=O) groups is 1. The van der Waals surface area contributed by atoms with Crippen LogP contribution in [0.15, 0.2) is 18.2 Å². The Hall–Kier alpha value is -1.59. The number of hydrogen-bond acceptors (Lipinski definition) is 4. The van der Waals surface area contributed by atoms with E-state index in [-0.39, 0.29) is 11.5 Å². The summed E-state index contributed by atoms with van der Waals surface area (Å²) in [5, 5.41) is 0. The van der Waals surface area contributed by atoms with E-state index >= 15 is 0 Å². The van der Waals surface area contributed by atoms with Crippen LogP contribution in [0.1, 0.15) is 44.2 Å². The summed E-state index contributed by atoms with van der Waals surface area (Å²) in [4.78, 5) is 16.3. The fraction of sp³-hybridized carbons (Fsp3) is 0.682. The summed E-state index contributed by atoms with van der Waals surface area (Å²) < 4.78 is 12.3. The molecule has 1 amide bonds. The Bertz CT molecular complexity index is 649. The highest BCUT2D eigenvalue weighted by Crippen LogP contribution is 2.42. The highest BCUT2D eigenvalue weighted by molar-refractivity contribution is 5.78. The number of rotatable bonds is 6. The van der Waals surface area contributed by atoms with E-state index in [1.165, 1.54) is 11.1 Å². The molecular formula is C22H34N2O3. The Morgan fingerprint density at radius 2 is 2.04 bits per heavy atom. The fourth-order valence-corrected chi connectivity index (χ4v) is 4.06. The Morgan fingerprint density at radius 1 is 1.30 bits per heavy atom. The molecule has 2 aliphatic rings. The first-order valence-corrected chi connectivity index (χ1v) is 10.2. The minimum atomic E-state index is -0.237. The maximum absolute atomic E-state index is 12.3. The van der Waals surface area contributed by atoms with Gasteiger partial charge in [0.25, 0.3) is 0 Å². The molecule has 2 aliphatic heterocycles. The first kappa shape index (κ1) is 20.2. The maximum atomic E-state index is 12.3. The van der Waals surface area contributed by atoms with Gasteiger partial charge in [-0.15, -0.1) is 0 Å². The summed E-state index contributed by atoms with van der Waals surface area (Å²) in [6.07, 6.45) is 3.74. The molecule has 1 saturated heterocycles. The van der Waals surface area contributed by atoms with Crippen LogP contribution in [0.3, 0.4) is 0 Å². The van der Waals surface area contributed by atoms with Gasteiger partial charge in [0.1, 0.15) is 5.75 Å². The lowest BCUT2D eigenvalue weighted by Crippen LogP contribution is -2.50. The van der Waals surface area contributed by atoms with Crippen LogP contribution in [0, 0.1) is 5.92 Å². The minimum absolute atomic E-state index is 0.208. The number of nitrogens with zero attached hydrogens (tertiary/aromatic N) is 2. The minimum Gasteiger partial charge on any atom is -0.494 e. The van der Waals surface area contributed by atoms with Crippen molar-refractivity contribution in [2.45, 2.75) is 45.1 Å². The lowest BCUT2D eigenvalue weighted by atomic mass is 9.79. The van der Waals surface area contributed by atoms with Crippen molar-refractivity contribution in [3.8, 4) is 5.75 Å². The molecule has 0 aliphatic carbocycles. The number of amides is 1. The first-order chi connectivity index (χ1) is 12.9. The van der Waals surface area contributed by atoms with Crippen molar-refractivity contribution in [2.24, 2.45) is 5.92 Å². The quantitative estimate of drug-likeness (QED) is 0.767. The number of carbonyl (C=O) groups excluding carboxylic acids is 1. The number of likely N-dealkylation sites (N-methyl/N-ethyl adjacent to an activating group) is 1. The number of benzene rings is 1. The third-order valence-electron chi connectivity index (χ3n) is 5.66. The zero-order chi connectivity index (χ0) is 19.4. The topological polar surface area (TPSA) is 42.0 Å². The van der Waals surface area contributed by atoms with Crippen LogP contribution in [-0.4, -0.2) is 62.7 Å². The molecule has 5 heteroatoms. The predicted octanol–water partition coefficient (Wildman–Crippen LogP) is 3.06. The summed E-state index contributed by atoms with van der Waals surface area (Å²) in [6.45, 7) is 7.94. The van der Waals surface area contributed by atoms with Crippen molar-refractivity contribution in [1.82, 2.24) is 9.80 Å². The first-order valence-electron chi connectivity index (χ1n) is 10.2. The van der Waals surface area contributed by atoms with Crippen LogP contribution in [-0.2, 0) is 21.6 Å². The molecule has 1 aromatic rings. The third-order valence-corrected chi connectivity index (χ3v) is 5.66. The Balaban J connectivity index is 1.67. The summed E-state index contributed by atoms with van der Waals surface area (Å²) in [7, 11) is 3.87. The van der Waals surface area contributed by atoms with Gasteiger partial charge in [0, 0.05) is 13.1 Å². The molecule has 0 saturated carbocycles. The van der Waals surface area contributed by atoms with Gasteiger partial charge in [-0.2, -0.15) is 0 Å². The van der Waals surface area contributed by atoms with E-state index in [9.17, 15) is 4.79 Å². The van der Waals surface area contributed by atoms with Crippen molar-refractivity contribution in [2.75, 3.05) is 46.9 Å². The van der Waals surface area contributed by atoms with Crippen molar-refractivity contribution >= 4 is 5.91 Å². The smallest absolute Gasteiger partial charge is 0.236 e. The summed E-state index contributed by atoms with van der Waals surface area (Å²) in [6, 6.07) is 6.47. The Labute approximate surface area is 163 Å². The fourth-order valence-electron chi connectivity index (χ4n) is 4.06. The van der Waals surface area contributed by atoms with E-state index in [1.54, 1.807) is 0 Å². The largest absolute Gasteiger partial charge is 0.494 e. The second kappa shape index (κ2) is 8.61. The monoisotopic (exact) mass is 374 g/mol. The predicted molar refractivity (Wildman–Crippen MR) is 107 cm³/mol. The van der Waals surface area contributed by atoms with Crippen molar-refractivity contribution < 1.29 is 14.3 Å². The molecule has 3 rings (SSSR count). The summed E-state index contributed by atoms with van der Waals surface area (Å²) in [5.74, 6) is 1.82. The molecule has 150 valence electrons. The van der Waals surface area contributed by atoms with Gasteiger partial charge >= 0.3 is 0 Å². The molecule has 0 unspecified atom stereocenters. The van der Waals surface area contributed by atoms with Gasteiger partial charge in [0.05, 0.1) is 25.4 Å². The van der Waals surface area contributed by atoms with Gasteiger partial charge in [-0.3, -0.25) is 4.79 Å². The number of likely N-dealkylation sites (tertiary alicyclic amines) is 1. The molecule has 27 heavy (non-hydrogen) atoms. The van der Waals surface area contributed by atoms with Crippen LogP contribution in [0.25, 0.3) is 0 Å². The lowest BCUT2D eigenvalue weighted by Gasteiger charge is -2.45. The van der Waals surface area contributed by atoms with Gasteiger partial charge < -0.3 is 19.3 Å². The van der Waals surface area contributed by atoms with E-state index in [1.807, 2.05) is 23.9 Å². The number of ether oxygens (including phenoxy) is 2. The third kappa shape index (κ3) is 4.82.